The zero-order chi connectivity index (χ0) is 14.6. The highest BCUT2D eigenvalue weighted by atomic mass is 127. The molecule has 0 saturated carbocycles. The van der Waals surface area contributed by atoms with E-state index in [2.05, 4.69) is 19.2 Å². The van der Waals surface area contributed by atoms with Crippen molar-refractivity contribution in [2.75, 3.05) is 20.1 Å². The number of benzene rings is 2. The van der Waals surface area contributed by atoms with Gasteiger partial charge in [0.05, 0.1) is 20.1 Å². The van der Waals surface area contributed by atoms with Gasteiger partial charge in [0, 0.05) is 24.0 Å². The molecule has 22 heavy (non-hydrogen) atoms. The number of nitrogens with zero attached hydrogens (tertiary/aromatic N) is 1. The van der Waals surface area contributed by atoms with Crippen molar-refractivity contribution in [1.82, 2.24) is 0 Å². The van der Waals surface area contributed by atoms with Gasteiger partial charge in [-0.05, 0) is 47.5 Å². The fourth-order valence-electron chi connectivity index (χ4n) is 4.11. The summed E-state index contributed by atoms with van der Waals surface area (Å²) in [5.41, 5.74) is 5.18. The third kappa shape index (κ3) is 2.29. The number of fused-ring (bicyclic) bond motifs is 5. The maximum absolute atomic E-state index is 9.74. The third-order valence-electron chi connectivity index (χ3n) is 5.25. The molecule has 2 aromatic carbocycles. The van der Waals surface area contributed by atoms with Crippen molar-refractivity contribution < 1.29 is 38.7 Å². The summed E-state index contributed by atoms with van der Waals surface area (Å²) >= 11 is 0. The Balaban J connectivity index is 0.00000144. The van der Waals surface area contributed by atoms with Gasteiger partial charge in [-0.1, -0.05) is 0 Å². The molecule has 2 aliphatic heterocycles. The molecule has 0 radical (unpaired) electrons. The van der Waals surface area contributed by atoms with E-state index < -0.39 is 0 Å². The van der Waals surface area contributed by atoms with Crippen LogP contribution in [0, 0.1) is 0 Å². The fourth-order valence-corrected chi connectivity index (χ4v) is 4.11. The minimum absolute atomic E-state index is 0. The van der Waals surface area contributed by atoms with Gasteiger partial charge in [0.1, 0.15) is 17.5 Å². The van der Waals surface area contributed by atoms with Gasteiger partial charge in [-0.2, -0.15) is 0 Å². The summed E-state index contributed by atoms with van der Waals surface area (Å²) in [7, 11) is 2.33. The number of likely N-dealkylation sites (N-methyl/N-ethyl adjacent to an activating group) is 1. The lowest BCUT2D eigenvalue weighted by molar-refractivity contribution is -0.937. The van der Waals surface area contributed by atoms with Crippen LogP contribution in [0.15, 0.2) is 36.4 Å². The zero-order valence-electron chi connectivity index (χ0n) is 12.6. The Kier molecular flexibility index (Phi) is 3.85. The minimum atomic E-state index is 0. The summed E-state index contributed by atoms with van der Waals surface area (Å²) in [6.45, 7) is 2.20. The normalized spacial score (nSPS) is 25.4. The molecule has 3 nitrogen and oxygen atoms in total. The number of hydrogen-bond acceptors (Lipinski definition) is 2. The fraction of sp³-hybridized carbons (Fsp3) is 0.333. The lowest BCUT2D eigenvalue weighted by Crippen LogP contribution is -3.00. The first-order valence-corrected chi connectivity index (χ1v) is 7.55. The van der Waals surface area contributed by atoms with Gasteiger partial charge in [0.25, 0.3) is 0 Å². The average molecular weight is 409 g/mol. The molecule has 4 rings (SSSR count). The first-order valence-electron chi connectivity index (χ1n) is 7.55. The van der Waals surface area contributed by atoms with Crippen LogP contribution in [0.1, 0.15) is 28.3 Å². The standard InChI is InChI=1S/C18H19NO2.HI/c1-19-8-6-12-10-14(20)2-4-16(12)18(19)17-5-3-15(21)11-13(17)7-9-19;/h2-5,10-11,18H,6-9H2,1H3,(H-,20,21);1H. The second kappa shape index (κ2) is 5.42. The molecular weight excluding hydrogens is 389 g/mol. The van der Waals surface area contributed by atoms with Crippen LogP contribution >= 0.6 is 0 Å². The molecule has 0 amide bonds. The Morgan fingerprint density at radius 1 is 0.864 bits per heavy atom. The predicted octanol–water partition coefficient (Wildman–Crippen LogP) is -0.250. The van der Waals surface area contributed by atoms with Crippen molar-refractivity contribution in [3.05, 3.63) is 58.7 Å². The molecule has 0 aromatic heterocycles. The van der Waals surface area contributed by atoms with E-state index in [9.17, 15) is 10.2 Å². The second-order valence-electron chi connectivity index (χ2n) is 6.60. The number of aromatic hydroxyl groups is 2. The Morgan fingerprint density at radius 3 is 1.77 bits per heavy atom. The van der Waals surface area contributed by atoms with E-state index in [0.29, 0.717) is 17.5 Å². The molecule has 0 fully saturated rings. The van der Waals surface area contributed by atoms with Gasteiger partial charge in [0.15, 0.2) is 0 Å². The summed E-state index contributed by atoms with van der Waals surface area (Å²) in [5, 5.41) is 19.5. The van der Waals surface area contributed by atoms with Crippen LogP contribution in [0.2, 0.25) is 0 Å². The average Bonchev–Trinajstić information content (AvgIpc) is 2.46. The molecule has 0 aliphatic carbocycles. The van der Waals surface area contributed by atoms with Crippen molar-refractivity contribution in [2.24, 2.45) is 0 Å². The summed E-state index contributed by atoms with van der Waals surface area (Å²) in [6, 6.07) is 11.9. The maximum atomic E-state index is 9.74. The summed E-state index contributed by atoms with van der Waals surface area (Å²) < 4.78 is 1.02. The van der Waals surface area contributed by atoms with Crippen LogP contribution in [-0.2, 0) is 12.8 Å². The number of hydrogen-bond donors (Lipinski definition) is 2. The van der Waals surface area contributed by atoms with Crippen molar-refractivity contribution in [2.45, 2.75) is 18.9 Å². The van der Waals surface area contributed by atoms with Crippen LogP contribution in [0.4, 0.5) is 0 Å². The van der Waals surface area contributed by atoms with Crippen LogP contribution in [0.5, 0.6) is 11.5 Å². The monoisotopic (exact) mass is 409 g/mol. The van der Waals surface area contributed by atoms with Gasteiger partial charge in [0.2, 0.25) is 0 Å². The molecule has 2 heterocycles. The molecule has 0 spiro atoms. The van der Waals surface area contributed by atoms with Gasteiger partial charge < -0.3 is 38.7 Å². The quantitative estimate of drug-likeness (QED) is 0.466. The highest BCUT2D eigenvalue weighted by molar-refractivity contribution is 5.46. The van der Waals surface area contributed by atoms with E-state index in [1.165, 1.54) is 22.3 Å². The molecule has 4 heteroatoms. The largest absolute Gasteiger partial charge is 1.00 e. The Labute approximate surface area is 147 Å². The van der Waals surface area contributed by atoms with Crippen molar-refractivity contribution >= 4 is 0 Å². The van der Waals surface area contributed by atoms with Crippen LogP contribution in [-0.4, -0.2) is 34.8 Å². The van der Waals surface area contributed by atoms with Gasteiger partial charge >= 0.3 is 0 Å². The van der Waals surface area contributed by atoms with E-state index in [4.69, 9.17) is 0 Å². The maximum Gasteiger partial charge on any atom is 0.141 e. The molecule has 0 unspecified atom stereocenters. The molecule has 0 atom stereocenters. The second-order valence-corrected chi connectivity index (χ2v) is 6.60. The predicted molar refractivity (Wildman–Crippen MR) is 81.4 cm³/mol. The van der Waals surface area contributed by atoms with Crippen LogP contribution in [0.3, 0.4) is 0 Å². The molecule has 2 N–H and O–H groups in total. The van der Waals surface area contributed by atoms with E-state index >= 15 is 0 Å². The molecule has 2 aromatic rings. The third-order valence-corrected chi connectivity index (χ3v) is 5.25. The lowest BCUT2D eigenvalue weighted by Gasteiger charge is -2.49. The zero-order valence-corrected chi connectivity index (χ0v) is 14.7. The van der Waals surface area contributed by atoms with Crippen LogP contribution in [0.25, 0.3) is 0 Å². The van der Waals surface area contributed by atoms with E-state index in [1.54, 1.807) is 12.1 Å². The highest BCUT2D eigenvalue weighted by Gasteiger charge is 2.43. The Bertz CT molecular complexity index is 672. The van der Waals surface area contributed by atoms with Gasteiger partial charge in [-0.15, -0.1) is 0 Å². The SMILES string of the molecule is C[N+]12CCc3cc(O)ccc3C1c1ccc(O)cc1CC2.[I-]. The van der Waals surface area contributed by atoms with Crippen LogP contribution < -0.4 is 24.0 Å². The molecule has 0 saturated heterocycles. The first-order chi connectivity index (χ1) is 10.1. The molecule has 2 aliphatic rings. The summed E-state index contributed by atoms with van der Waals surface area (Å²) in [6.07, 6.45) is 2.04. The first kappa shape index (κ1) is 15.6. The smallest absolute Gasteiger partial charge is 0.141 e. The van der Waals surface area contributed by atoms with Crippen molar-refractivity contribution in [1.29, 1.82) is 0 Å². The molecule has 116 valence electrons. The number of rotatable bonds is 0. The van der Waals surface area contributed by atoms with E-state index in [0.717, 1.165) is 30.4 Å². The Hall–Kier alpha value is -1.27. The molecular formula is C18H20INO2. The lowest BCUT2D eigenvalue weighted by atomic mass is 9.80. The number of phenols is 2. The summed E-state index contributed by atoms with van der Waals surface area (Å²) in [5.74, 6) is 0.707. The van der Waals surface area contributed by atoms with Crippen molar-refractivity contribution in [3.63, 3.8) is 0 Å². The summed E-state index contributed by atoms with van der Waals surface area (Å²) in [4.78, 5) is 0. The number of halogens is 1. The highest BCUT2D eigenvalue weighted by Crippen LogP contribution is 2.45. The minimum Gasteiger partial charge on any atom is -1.00 e. The topological polar surface area (TPSA) is 40.5 Å². The number of phenolic OH excluding ortho intramolecular Hbond substituents is 2. The molecule has 0 bridgehead atoms. The van der Waals surface area contributed by atoms with Gasteiger partial charge in [-0.3, -0.25) is 0 Å². The Morgan fingerprint density at radius 2 is 1.32 bits per heavy atom. The number of quaternary nitrogens is 1. The van der Waals surface area contributed by atoms with E-state index in [1.807, 2.05) is 12.1 Å². The van der Waals surface area contributed by atoms with Gasteiger partial charge in [-0.25, -0.2) is 0 Å². The van der Waals surface area contributed by atoms with E-state index in [-0.39, 0.29) is 24.0 Å². The van der Waals surface area contributed by atoms with Crippen molar-refractivity contribution in [3.8, 4) is 11.5 Å².